The summed E-state index contributed by atoms with van der Waals surface area (Å²) < 4.78 is 19.5. The van der Waals surface area contributed by atoms with Gasteiger partial charge < -0.3 is 20.0 Å². The number of fused-ring (bicyclic) bond motifs is 1. The summed E-state index contributed by atoms with van der Waals surface area (Å²) in [6, 6.07) is 14.5. The summed E-state index contributed by atoms with van der Waals surface area (Å²) in [5.41, 5.74) is 3.32. The highest BCUT2D eigenvalue weighted by molar-refractivity contribution is 5.83. The molecule has 2 aromatic carbocycles. The molecule has 35 heavy (non-hydrogen) atoms. The number of hydrogen-bond donors (Lipinski definition) is 3. The molecule has 7 nitrogen and oxygen atoms in total. The molecule has 182 valence electrons. The molecule has 8 heteroatoms. The summed E-state index contributed by atoms with van der Waals surface area (Å²) in [4.78, 5) is 25.9. The third-order valence-electron chi connectivity index (χ3n) is 6.58. The fourth-order valence-electron chi connectivity index (χ4n) is 4.90. The third kappa shape index (κ3) is 5.89. The second-order valence-electron chi connectivity index (χ2n) is 9.24. The number of likely N-dealkylation sites (tertiary alicyclic amines) is 1. The van der Waals surface area contributed by atoms with Crippen molar-refractivity contribution in [1.29, 1.82) is 0 Å². The van der Waals surface area contributed by atoms with Gasteiger partial charge in [-0.25, -0.2) is 9.37 Å². The molecule has 1 aliphatic rings. The first-order valence-corrected chi connectivity index (χ1v) is 12.0. The van der Waals surface area contributed by atoms with Crippen LogP contribution in [0.5, 0.6) is 5.75 Å². The van der Waals surface area contributed by atoms with Crippen molar-refractivity contribution in [3.05, 3.63) is 84.3 Å². The van der Waals surface area contributed by atoms with Crippen molar-refractivity contribution in [3.63, 3.8) is 0 Å². The smallest absolute Gasteiger partial charge is 0.224 e. The van der Waals surface area contributed by atoms with E-state index in [1.54, 1.807) is 24.7 Å². The number of ether oxygens (including phenoxy) is 1. The normalized spacial score (nSPS) is 18.5. The van der Waals surface area contributed by atoms with Gasteiger partial charge in [-0.1, -0.05) is 24.3 Å². The second-order valence-corrected chi connectivity index (χ2v) is 9.24. The topological polar surface area (TPSA) is 86.0 Å². The highest BCUT2D eigenvalue weighted by atomic mass is 19.1. The molecule has 2 atom stereocenters. The van der Waals surface area contributed by atoms with Crippen LogP contribution in [0.2, 0.25) is 0 Å². The van der Waals surface area contributed by atoms with Gasteiger partial charge in [0.1, 0.15) is 11.6 Å². The van der Waals surface area contributed by atoms with Crippen molar-refractivity contribution in [2.75, 3.05) is 26.2 Å². The fourth-order valence-corrected chi connectivity index (χ4v) is 4.90. The number of carbonyl (C=O) groups excluding carboxylic acids is 1. The number of nitrogens with zero attached hydrogens (tertiary/aromatic N) is 2. The van der Waals surface area contributed by atoms with Gasteiger partial charge in [-0.15, -0.1) is 0 Å². The standard InChI is InChI=1S/C27H30FN5O2/c28-22-4-3-5-24(11-22)35-17-19-10-20(27(34)30-9-8-23-13-29-18-32-23)15-33(14-19)16-21-12-31-26-7-2-1-6-25(21)26/h1-7,11-13,18-20,31H,8-10,14-17H2,(H,29,32)(H,30,34)/t19-,20+/m0/s1. The molecule has 0 aliphatic carbocycles. The van der Waals surface area contributed by atoms with E-state index in [0.717, 1.165) is 30.7 Å². The van der Waals surface area contributed by atoms with Crippen LogP contribution in [-0.2, 0) is 17.8 Å². The predicted molar refractivity (Wildman–Crippen MR) is 132 cm³/mol. The Morgan fingerprint density at radius 3 is 2.94 bits per heavy atom. The number of piperidine rings is 1. The number of benzene rings is 2. The molecule has 2 aromatic heterocycles. The molecule has 0 spiro atoms. The maximum absolute atomic E-state index is 13.6. The van der Waals surface area contributed by atoms with E-state index in [4.69, 9.17) is 4.74 Å². The molecular formula is C27H30FN5O2. The lowest BCUT2D eigenvalue weighted by atomic mass is 9.88. The van der Waals surface area contributed by atoms with Gasteiger partial charge in [-0.05, 0) is 30.2 Å². The van der Waals surface area contributed by atoms with Crippen LogP contribution >= 0.6 is 0 Å². The first-order chi connectivity index (χ1) is 17.1. The maximum Gasteiger partial charge on any atom is 0.224 e. The summed E-state index contributed by atoms with van der Waals surface area (Å²) in [5, 5.41) is 4.29. The molecule has 1 fully saturated rings. The van der Waals surface area contributed by atoms with E-state index in [0.29, 0.717) is 31.9 Å². The summed E-state index contributed by atoms with van der Waals surface area (Å²) >= 11 is 0. The SMILES string of the molecule is O=C(NCCc1cnc[nH]1)[C@@H]1C[C@H](COc2cccc(F)c2)CN(Cc2c[nH]c3ccccc23)C1. The number of hydrogen-bond acceptors (Lipinski definition) is 4. The van der Waals surface area contributed by atoms with Crippen molar-refractivity contribution < 1.29 is 13.9 Å². The Hall–Kier alpha value is -3.65. The first kappa shape index (κ1) is 23.1. The van der Waals surface area contributed by atoms with Crippen molar-refractivity contribution in [2.24, 2.45) is 11.8 Å². The van der Waals surface area contributed by atoms with Crippen LogP contribution in [0.25, 0.3) is 10.9 Å². The van der Waals surface area contributed by atoms with Gasteiger partial charge in [-0.2, -0.15) is 0 Å². The summed E-state index contributed by atoms with van der Waals surface area (Å²) in [7, 11) is 0. The highest BCUT2D eigenvalue weighted by Gasteiger charge is 2.32. The highest BCUT2D eigenvalue weighted by Crippen LogP contribution is 2.27. The van der Waals surface area contributed by atoms with Crippen LogP contribution in [0.3, 0.4) is 0 Å². The van der Waals surface area contributed by atoms with Gasteiger partial charge in [0.05, 0.1) is 18.9 Å². The minimum atomic E-state index is -0.318. The van der Waals surface area contributed by atoms with Gasteiger partial charge in [0.2, 0.25) is 5.91 Å². The quantitative estimate of drug-likeness (QED) is 0.343. The number of nitrogens with one attached hydrogen (secondary N) is 3. The molecular weight excluding hydrogens is 445 g/mol. The lowest BCUT2D eigenvalue weighted by Crippen LogP contribution is -2.47. The van der Waals surface area contributed by atoms with E-state index in [1.807, 2.05) is 12.1 Å². The van der Waals surface area contributed by atoms with Crippen LogP contribution in [-0.4, -0.2) is 52.0 Å². The van der Waals surface area contributed by atoms with Crippen LogP contribution < -0.4 is 10.1 Å². The molecule has 3 heterocycles. The van der Waals surface area contributed by atoms with Gasteiger partial charge in [-0.3, -0.25) is 9.69 Å². The number of para-hydroxylation sites is 1. The molecule has 1 amide bonds. The Morgan fingerprint density at radius 1 is 1.17 bits per heavy atom. The summed E-state index contributed by atoms with van der Waals surface area (Å²) in [6.45, 7) is 3.24. The monoisotopic (exact) mass is 475 g/mol. The average Bonchev–Trinajstić information content (AvgIpc) is 3.53. The molecule has 0 radical (unpaired) electrons. The van der Waals surface area contributed by atoms with E-state index in [9.17, 15) is 9.18 Å². The Labute approximate surface area is 203 Å². The van der Waals surface area contributed by atoms with Crippen LogP contribution in [0.4, 0.5) is 4.39 Å². The zero-order chi connectivity index (χ0) is 24.0. The van der Waals surface area contributed by atoms with Gasteiger partial charge in [0, 0.05) is 73.6 Å². The Kier molecular flexibility index (Phi) is 7.09. The zero-order valence-electron chi connectivity index (χ0n) is 19.5. The van der Waals surface area contributed by atoms with Gasteiger partial charge >= 0.3 is 0 Å². The molecule has 5 rings (SSSR count). The molecule has 3 N–H and O–H groups in total. The van der Waals surface area contributed by atoms with Crippen molar-refractivity contribution in [1.82, 2.24) is 25.2 Å². The lowest BCUT2D eigenvalue weighted by Gasteiger charge is -2.37. The van der Waals surface area contributed by atoms with Crippen LogP contribution in [0.15, 0.2) is 67.3 Å². The number of amides is 1. The van der Waals surface area contributed by atoms with E-state index < -0.39 is 0 Å². The summed E-state index contributed by atoms with van der Waals surface area (Å²) in [5.74, 6) is 0.266. The van der Waals surface area contributed by atoms with Gasteiger partial charge in [0.25, 0.3) is 0 Å². The molecule has 4 aromatic rings. The molecule has 0 bridgehead atoms. The number of aromatic amines is 2. The van der Waals surface area contributed by atoms with Crippen molar-refractivity contribution in [3.8, 4) is 5.75 Å². The minimum Gasteiger partial charge on any atom is -0.493 e. The Balaban J connectivity index is 1.25. The predicted octanol–water partition coefficient (Wildman–Crippen LogP) is 3.91. The largest absolute Gasteiger partial charge is 0.493 e. The number of imidazole rings is 1. The van der Waals surface area contributed by atoms with Crippen molar-refractivity contribution in [2.45, 2.75) is 19.4 Å². The number of carbonyl (C=O) groups is 1. The number of aromatic nitrogens is 3. The molecule has 1 saturated heterocycles. The number of rotatable bonds is 9. The Bertz CT molecular complexity index is 1260. The molecule has 1 aliphatic heterocycles. The first-order valence-electron chi connectivity index (χ1n) is 12.0. The van der Waals surface area contributed by atoms with E-state index >= 15 is 0 Å². The minimum absolute atomic E-state index is 0.0592. The van der Waals surface area contributed by atoms with E-state index in [-0.39, 0.29) is 23.6 Å². The average molecular weight is 476 g/mol. The second kappa shape index (κ2) is 10.7. The Morgan fingerprint density at radius 2 is 2.09 bits per heavy atom. The summed E-state index contributed by atoms with van der Waals surface area (Å²) in [6.07, 6.45) is 6.91. The molecule has 0 unspecified atom stereocenters. The van der Waals surface area contributed by atoms with Crippen LogP contribution in [0, 0.1) is 17.7 Å². The van der Waals surface area contributed by atoms with E-state index in [2.05, 4.69) is 43.5 Å². The maximum atomic E-state index is 13.6. The molecule has 0 saturated carbocycles. The number of halogens is 1. The third-order valence-corrected chi connectivity index (χ3v) is 6.58. The van der Waals surface area contributed by atoms with Gasteiger partial charge in [0.15, 0.2) is 0 Å². The van der Waals surface area contributed by atoms with Crippen LogP contribution in [0.1, 0.15) is 17.7 Å². The van der Waals surface area contributed by atoms with E-state index in [1.165, 1.54) is 23.1 Å². The fraction of sp³-hybridized carbons (Fsp3) is 0.333. The zero-order valence-corrected chi connectivity index (χ0v) is 19.5. The lowest BCUT2D eigenvalue weighted by molar-refractivity contribution is -0.127. The van der Waals surface area contributed by atoms with Crippen molar-refractivity contribution >= 4 is 16.8 Å². The number of H-pyrrole nitrogens is 2.